The van der Waals surface area contributed by atoms with Crippen molar-refractivity contribution in [2.45, 2.75) is 3.79 Å². The molecule has 0 saturated carbocycles. The predicted molar refractivity (Wildman–Crippen MR) is 54.8 cm³/mol. The van der Waals surface area contributed by atoms with E-state index in [2.05, 4.69) is 5.32 Å². The minimum Gasteiger partial charge on any atom is -0.378 e. The fourth-order valence-electron chi connectivity index (χ4n) is 0.494. The molecule has 0 heterocycles. The molecule has 0 aromatic rings. The van der Waals surface area contributed by atoms with E-state index in [0.29, 0.717) is 25.6 Å². The van der Waals surface area contributed by atoms with Crippen LogP contribution >= 0.6 is 46.4 Å². The van der Waals surface area contributed by atoms with Crippen LogP contribution in [0.1, 0.15) is 0 Å². The van der Waals surface area contributed by atoms with Crippen LogP contribution in [0.5, 0.6) is 0 Å². The first kappa shape index (κ1) is 13.6. The Kier molecular flexibility index (Phi) is 7.27. The highest BCUT2D eigenvalue weighted by Gasteiger charge is 2.29. The Morgan fingerprint density at radius 1 is 1.31 bits per heavy atom. The number of carbonyl (C=O) groups excluding carboxylic acids is 1. The van der Waals surface area contributed by atoms with E-state index in [0.717, 1.165) is 0 Å². The summed E-state index contributed by atoms with van der Waals surface area (Å²) in [5.41, 5.74) is 0. The molecular formula is C6H9Cl4NO2. The topological polar surface area (TPSA) is 38.3 Å². The minimum absolute atomic E-state index is 0.295. The molecule has 7 heteroatoms. The summed E-state index contributed by atoms with van der Waals surface area (Å²) in [7, 11) is 0. The Labute approximate surface area is 96.6 Å². The normalized spacial score (nSPS) is 11.4. The summed E-state index contributed by atoms with van der Waals surface area (Å²) in [4.78, 5) is 10.9. The summed E-state index contributed by atoms with van der Waals surface area (Å²) in [6.07, 6.45) is 0. The number of alkyl halides is 4. The zero-order valence-electron chi connectivity index (χ0n) is 6.66. The second-order valence-electron chi connectivity index (χ2n) is 2.06. The Bertz CT molecular complexity index is 159. The zero-order chi connectivity index (χ0) is 10.3. The van der Waals surface area contributed by atoms with E-state index in [4.69, 9.17) is 51.1 Å². The van der Waals surface area contributed by atoms with Crippen LogP contribution in [0.2, 0.25) is 0 Å². The van der Waals surface area contributed by atoms with E-state index in [1.165, 1.54) is 0 Å². The van der Waals surface area contributed by atoms with Crippen molar-refractivity contribution in [1.29, 1.82) is 0 Å². The first-order chi connectivity index (χ1) is 5.98. The van der Waals surface area contributed by atoms with Crippen LogP contribution in [0.25, 0.3) is 0 Å². The molecule has 0 aromatic carbocycles. The highest BCUT2D eigenvalue weighted by Crippen LogP contribution is 2.25. The first-order valence-corrected chi connectivity index (χ1v) is 5.14. The van der Waals surface area contributed by atoms with Crippen molar-refractivity contribution >= 4 is 52.3 Å². The number of nitrogens with one attached hydrogen (secondary N) is 1. The van der Waals surface area contributed by atoms with Gasteiger partial charge in [0.05, 0.1) is 13.2 Å². The minimum atomic E-state index is -1.91. The van der Waals surface area contributed by atoms with Gasteiger partial charge in [-0.2, -0.15) is 0 Å². The van der Waals surface area contributed by atoms with Crippen LogP contribution in [0.4, 0.5) is 0 Å². The molecule has 0 atom stereocenters. The molecule has 0 spiro atoms. The number of halogens is 4. The molecule has 0 radical (unpaired) electrons. The number of hydrogen-bond acceptors (Lipinski definition) is 2. The van der Waals surface area contributed by atoms with Crippen molar-refractivity contribution in [3.8, 4) is 0 Å². The average Bonchev–Trinajstić information content (AvgIpc) is 2.02. The van der Waals surface area contributed by atoms with E-state index >= 15 is 0 Å². The van der Waals surface area contributed by atoms with Gasteiger partial charge in [0, 0.05) is 12.4 Å². The van der Waals surface area contributed by atoms with Gasteiger partial charge in [0.25, 0.3) is 9.70 Å². The fourth-order valence-corrected chi connectivity index (χ4v) is 0.803. The van der Waals surface area contributed by atoms with Gasteiger partial charge in [-0.05, 0) is 0 Å². The third kappa shape index (κ3) is 7.65. The van der Waals surface area contributed by atoms with Gasteiger partial charge in [-0.3, -0.25) is 4.79 Å². The predicted octanol–water partition coefficient (Wildman–Crippen LogP) is 1.73. The second kappa shape index (κ2) is 6.96. The van der Waals surface area contributed by atoms with Gasteiger partial charge in [-0.25, -0.2) is 0 Å². The van der Waals surface area contributed by atoms with E-state index in [-0.39, 0.29) is 0 Å². The van der Waals surface area contributed by atoms with Gasteiger partial charge in [0.1, 0.15) is 0 Å². The lowest BCUT2D eigenvalue weighted by atomic mass is 10.6. The maximum atomic E-state index is 10.9. The first-order valence-electron chi connectivity index (χ1n) is 3.47. The molecule has 13 heavy (non-hydrogen) atoms. The summed E-state index contributed by atoms with van der Waals surface area (Å²) >= 11 is 21.2. The average molecular weight is 269 g/mol. The smallest absolute Gasteiger partial charge is 0.272 e. The van der Waals surface area contributed by atoms with Crippen LogP contribution in [0.15, 0.2) is 0 Å². The standard InChI is InChI=1S/C6H9Cl4NO2/c7-1-3-13-4-2-11-5(12)6(8,9)10/h1-4H2,(H,11,12). The van der Waals surface area contributed by atoms with Crippen LogP contribution < -0.4 is 5.32 Å². The summed E-state index contributed by atoms with van der Waals surface area (Å²) in [6.45, 7) is 1.08. The van der Waals surface area contributed by atoms with Crippen molar-refractivity contribution in [2.24, 2.45) is 0 Å². The molecule has 0 aliphatic rings. The monoisotopic (exact) mass is 267 g/mol. The van der Waals surface area contributed by atoms with Gasteiger partial charge in [0.15, 0.2) is 0 Å². The summed E-state index contributed by atoms with van der Waals surface area (Å²) in [5.74, 6) is -0.245. The van der Waals surface area contributed by atoms with Crippen molar-refractivity contribution in [3.63, 3.8) is 0 Å². The second-order valence-corrected chi connectivity index (χ2v) is 4.71. The molecule has 0 rings (SSSR count). The van der Waals surface area contributed by atoms with Gasteiger partial charge in [-0.15, -0.1) is 11.6 Å². The van der Waals surface area contributed by atoms with Crippen LogP contribution in [-0.2, 0) is 9.53 Å². The molecule has 0 aromatic heterocycles. The number of ether oxygens (including phenoxy) is 1. The third-order valence-electron chi connectivity index (χ3n) is 1.01. The van der Waals surface area contributed by atoms with Gasteiger partial charge >= 0.3 is 0 Å². The Hall–Kier alpha value is 0.590. The highest BCUT2D eigenvalue weighted by molar-refractivity contribution is 6.76. The SMILES string of the molecule is O=C(NCCOCCCl)C(Cl)(Cl)Cl. The number of carbonyl (C=O) groups is 1. The molecule has 0 fully saturated rings. The molecule has 0 saturated heterocycles. The van der Waals surface area contributed by atoms with Crippen molar-refractivity contribution in [2.75, 3.05) is 25.6 Å². The summed E-state index contributed by atoms with van der Waals surface area (Å²) in [6, 6.07) is 0. The molecule has 0 unspecified atom stereocenters. The molecule has 1 N–H and O–H groups in total. The van der Waals surface area contributed by atoms with Crippen LogP contribution in [-0.4, -0.2) is 35.3 Å². The molecule has 0 aliphatic heterocycles. The van der Waals surface area contributed by atoms with E-state index < -0.39 is 9.70 Å². The summed E-state index contributed by atoms with van der Waals surface area (Å²) < 4.78 is 3.06. The van der Waals surface area contributed by atoms with Gasteiger partial charge in [-0.1, -0.05) is 34.8 Å². The Morgan fingerprint density at radius 3 is 2.38 bits per heavy atom. The lowest BCUT2D eigenvalue weighted by Gasteiger charge is -2.10. The molecular weight excluding hydrogens is 260 g/mol. The van der Waals surface area contributed by atoms with Crippen LogP contribution in [0.3, 0.4) is 0 Å². The van der Waals surface area contributed by atoms with E-state index in [1.54, 1.807) is 0 Å². The lowest BCUT2D eigenvalue weighted by Crippen LogP contribution is -2.36. The highest BCUT2D eigenvalue weighted by atomic mass is 35.6. The van der Waals surface area contributed by atoms with E-state index in [1.807, 2.05) is 0 Å². The maximum Gasteiger partial charge on any atom is 0.272 e. The van der Waals surface area contributed by atoms with Gasteiger partial charge in [0.2, 0.25) is 0 Å². The number of rotatable bonds is 5. The van der Waals surface area contributed by atoms with Gasteiger partial charge < -0.3 is 10.1 Å². The molecule has 0 aliphatic carbocycles. The largest absolute Gasteiger partial charge is 0.378 e. The van der Waals surface area contributed by atoms with Crippen LogP contribution in [0, 0.1) is 0 Å². The van der Waals surface area contributed by atoms with Crippen molar-refractivity contribution < 1.29 is 9.53 Å². The van der Waals surface area contributed by atoms with Crippen molar-refractivity contribution in [1.82, 2.24) is 5.32 Å². The Balaban J connectivity index is 3.38. The van der Waals surface area contributed by atoms with Crippen molar-refractivity contribution in [3.05, 3.63) is 0 Å². The molecule has 78 valence electrons. The fraction of sp³-hybridized carbons (Fsp3) is 0.833. The number of amides is 1. The Morgan fingerprint density at radius 2 is 1.92 bits per heavy atom. The third-order valence-corrected chi connectivity index (χ3v) is 1.68. The van der Waals surface area contributed by atoms with E-state index in [9.17, 15) is 4.79 Å². The summed E-state index contributed by atoms with van der Waals surface area (Å²) in [5, 5.41) is 2.38. The lowest BCUT2D eigenvalue weighted by molar-refractivity contribution is -0.120. The molecule has 0 bridgehead atoms. The molecule has 1 amide bonds. The quantitative estimate of drug-likeness (QED) is 0.609. The molecule has 3 nitrogen and oxygen atoms in total. The zero-order valence-corrected chi connectivity index (χ0v) is 9.68. The maximum absolute atomic E-state index is 10.9. The number of hydrogen-bond donors (Lipinski definition) is 1.